The highest BCUT2D eigenvalue weighted by Crippen LogP contribution is 2.19. The Morgan fingerprint density at radius 1 is 1.32 bits per heavy atom. The average Bonchev–Trinajstić information content (AvgIpc) is 2.27. The second-order valence-corrected chi connectivity index (χ2v) is 5.72. The highest BCUT2D eigenvalue weighted by Gasteiger charge is 2.13. The van der Waals surface area contributed by atoms with E-state index in [-0.39, 0.29) is 11.4 Å². The number of hydrogen-bond acceptors (Lipinski definition) is 3. The summed E-state index contributed by atoms with van der Waals surface area (Å²) in [6, 6.07) is 6.02. The van der Waals surface area contributed by atoms with E-state index in [2.05, 4.69) is 16.7 Å². The fourth-order valence-electron chi connectivity index (χ4n) is 1.82. The summed E-state index contributed by atoms with van der Waals surface area (Å²) >= 11 is 0. The van der Waals surface area contributed by atoms with Gasteiger partial charge in [0.1, 0.15) is 5.75 Å². The first kappa shape index (κ1) is 15.5. The van der Waals surface area contributed by atoms with Crippen LogP contribution in [0, 0.1) is 6.92 Å². The van der Waals surface area contributed by atoms with Crippen molar-refractivity contribution in [3.8, 4) is 5.75 Å². The minimum absolute atomic E-state index is 0.000815. The maximum Gasteiger partial charge on any atom is 0.234 e. The number of hydrogen-bond donors (Lipinski definition) is 2. The number of carbonyl (C=O) groups excluding carboxylic acids is 1. The zero-order valence-corrected chi connectivity index (χ0v) is 12.5. The molecule has 4 nitrogen and oxygen atoms in total. The predicted molar refractivity (Wildman–Crippen MR) is 77.3 cm³/mol. The summed E-state index contributed by atoms with van der Waals surface area (Å²) < 4.78 is 5.30. The lowest BCUT2D eigenvalue weighted by Gasteiger charge is -2.20. The normalized spacial score (nSPS) is 11.2. The third-order valence-electron chi connectivity index (χ3n) is 2.55. The maximum atomic E-state index is 11.7. The van der Waals surface area contributed by atoms with Crippen molar-refractivity contribution in [1.29, 1.82) is 0 Å². The molecule has 2 N–H and O–H groups in total. The van der Waals surface area contributed by atoms with E-state index in [0.29, 0.717) is 13.1 Å². The number of aryl methyl sites for hydroxylation is 1. The van der Waals surface area contributed by atoms with Crippen molar-refractivity contribution in [3.63, 3.8) is 0 Å². The van der Waals surface area contributed by atoms with Gasteiger partial charge in [-0.05, 0) is 33.8 Å². The summed E-state index contributed by atoms with van der Waals surface area (Å²) in [5.41, 5.74) is 2.04. The first-order chi connectivity index (χ1) is 8.81. The third-order valence-corrected chi connectivity index (χ3v) is 2.55. The molecule has 1 aromatic rings. The molecule has 0 spiro atoms. The SMILES string of the molecule is COc1ccc(C)cc1CNCC(=O)NC(C)(C)C. The van der Waals surface area contributed by atoms with Gasteiger partial charge in [-0.15, -0.1) is 0 Å². The molecule has 0 saturated carbocycles. The van der Waals surface area contributed by atoms with Gasteiger partial charge in [-0.1, -0.05) is 17.7 Å². The van der Waals surface area contributed by atoms with Crippen molar-refractivity contribution in [2.24, 2.45) is 0 Å². The summed E-state index contributed by atoms with van der Waals surface area (Å²) in [6.07, 6.45) is 0. The molecule has 0 saturated heterocycles. The van der Waals surface area contributed by atoms with Crippen LogP contribution in [-0.4, -0.2) is 25.1 Å². The summed E-state index contributed by atoms with van der Waals surface area (Å²) in [6.45, 7) is 8.85. The Morgan fingerprint density at radius 2 is 2.00 bits per heavy atom. The maximum absolute atomic E-state index is 11.7. The fourth-order valence-corrected chi connectivity index (χ4v) is 1.82. The summed E-state index contributed by atoms with van der Waals surface area (Å²) in [5.74, 6) is 0.841. The van der Waals surface area contributed by atoms with Gasteiger partial charge in [0.2, 0.25) is 5.91 Å². The van der Waals surface area contributed by atoms with Gasteiger partial charge in [0, 0.05) is 17.6 Å². The number of benzene rings is 1. The Bertz CT molecular complexity index is 436. The molecule has 1 rings (SSSR count). The first-order valence-electron chi connectivity index (χ1n) is 6.47. The molecule has 4 heteroatoms. The molecule has 0 atom stereocenters. The van der Waals surface area contributed by atoms with Crippen LogP contribution in [0.5, 0.6) is 5.75 Å². The van der Waals surface area contributed by atoms with Crippen LogP contribution < -0.4 is 15.4 Å². The van der Waals surface area contributed by atoms with E-state index in [1.807, 2.05) is 39.8 Å². The molecule has 0 radical (unpaired) electrons. The van der Waals surface area contributed by atoms with Crippen LogP contribution in [0.15, 0.2) is 18.2 Å². The topological polar surface area (TPSA) is 50.4 Å². The third kappa shape index (κ3) is 5.75. The molecule has 0 unspecified atom stereocenters. The Morgan fingerprint density at radius 3 is 2.58 bits per heavy atom. The lowest BCUT2D eigenvalue weighted by molar-refractivity contribution is -0.121. The number of nitrogens with one attached hydrogen (secondary N) is 2. The van der Waals surface area contributed by atoms with E-state index < -0.39 is 0 Å². The Labute approximate surface area is 115 Å². The minimum Gasteiger partial charge on any atom is -0.496 e. The van der Waals surface area contributed by atoms with E-state index in [1.54, 1.807) is 7.11 Å². The van der Waals surface area contributed by atoms with Gasteiger partial charge in [-0.25, -0.2) is 0 Å². The van der Waals surface area contributed by atoms with E-state index in [4.69, 9.17) is 4.74 Å². The second-order valence-electron chi connectivity index (χ2n) is 5.72. The van der Waals surface area contributed by atoms with Crippen LogP contribution in [0.2, 0.25) is 0 Å². The van der Waals surface area contributed by atoms with Crippen molar-refractivity contribution in [1.82, 2.24) is 10.6 Å². The number of ether oxygens (including phenoxy) is 1. The lowest BCUT2D eigenvalue weighted by Crippen LogP contribution is -2.44. The standard InChI is InChI=1S/C15H24N2O2/c1-11-6-7-13(19-5)12(8-11)9-16-10-14(18)17-15(2,3)4/h6-8,16H,9-10H2,1-5H3,(H,17,18). The van der Waals surface area contributed by atoms with Gasteiger partial charge in [0.15, 0.2) is 0 Å². The molecular weight excluding hydrogens is 240 g/mol. The van der Waals surface area contributed by atoms with Crippen LogP contribution in [0.1, 0.15) is 31.9 Å². The largest absolute Gasteiger partial charge is 0.496 e. The van der Waals surface area contributed by atoms with Gasteiger partial charge in [-0.3, -0.25) is 4.79 Å². The molecule has 0 bridgehead atoms. The zero-order chi connectivity index (χ0) is 14.5. The molecule has 106 valence electrons. The van der Waals surface area contributed by atoms with Crippen molar-refractivity contribution in [2.75, 3.05) is 13.7 Å². The van der Waals surface area contributed by atoms with Crippen molar-refractivity contribution in [3.05, 3.63) is 29.3 Å². The van der Waals surface area contributed by atoms with Gasteiger partial charge < -0.3 is 15.4 Å². The summed E-state index contributed by atoms with van der Waals surface area (Å²) in [7, 11) is 1.65. The zero-order valence-electron chi connectivity index (χ0n) is 12.5. The predicted octanol–water partition coefficient (Wildman–Crippen LogP) is 2.01. The Balaban J connectivity index is 2.49. The second kappa shape index (κ2) is 6.57. The summed E-state index contributed by atoms with van der Waals surface area (Å²) in [5, 5.41) is 6.05. The Hall–Kier alpha value is -1.55. The van der Waals surface area contributed by atoms with E-state index in [1.165, 1.54) is 5.56 Å². The number of carbonyl (C=O) groups is 1. The molecule has 0 aliphatic heterocycles. The van der Waals surface area contributed by atoms with Gasteiger partial charge in [-0.2, -0.15) is 0 Å². The molecule has 1 amide bonds. The van der Waals surface area contributed by atoms with Crippen LogP contribution in [0.4, 0.5) is 0 Å². The molecule has 1 aromatic carbocycles. The van der Waals surface area contributed by atoms with E-state index >= 15 is 0 Å². The molecule has 0 heterocycles. The number of amides is 1. The minimum atomic E-state index is -0.195. The molecule has 0 aromatic heterocycles. The molecular formula is C15H24N2O2. The highest BCUT2D eigenvalue weighted by atomic mass is 16.5. The lowest BCUT2D eigenvalue weighted by atomic mass is 10.1. The van der Waals surface area contributed by atoms with Gasteiger partial charge >= 0.3 is 0 Å². The van der Waals surface area contributed by atoms with Crippen LogP contribution in [0.3, 0.4) is 0 Å². The molecule has 0 aliphatic carbocycles. The van der Waals surface area contributed by atoms with E-state index in [9.17, 15) is 4.79 Å². The van der Waals surface area contributed by atoms with Crippen LogP contribution in [0.25, 0.3) is 0 Å². The van der Waals surface area contributed by atoms with E-state index in [0.717, 1.165) is 11.3 Å². The summed E-state index contributed by atoms with van der Waals surface area (Å²) in [4.78, 5) is 11.7. The highest BCUT2D eigenvalue weighted by molar-refractivity contribution is 5.78. The number of methoxy groups -OCH3 is 1. The quantitative estimate of drug-likeness (QED) is 0.855. The average molecular weight is 264 g/mol. The fraction of sp³-hybridized carbons (Fsp3) is 0.533. The monoisotopic (exact) mass is 264 g/mol. The van der Waals surface area contributed by atoms with Crippen LogP contribution in [-0.2, 0) is 11.3 Å². The van der Waals surface area contributed by atoms with Crippen molar-refractivity contribution in [2.45, 2.75) is 39.8 Å². The molecule has 0 fully saturated rings. The first-order valence-corrected chi connectivity index (χ1v) is 6.47. The Kier molecular flexibility index (Phi) is 5.36. The van der Waals surface area contributed by atoms with Crippen LogP contribution >= 0.6 is 0 Å². The van der Waals surface area contributed by atoms with Crippen molar-refractivity contribution >= 4 is 5.91 Å². The molecule has 0 aliphatic rings. The molecule has 19 heavy (non-hydrogen) atoms. The number of rotatable bonds is 5. The smallest absolute Gasteiger partial charge is 0.234 e. The van der Waals surface area contributed by atoms with Crippen molar-refractivity contribution < 1.29 is 9.53 Å². The van der Waals surface area contributed by atoms with Gasteiger partial charge in [0.05, 0.1) is 13.7 Å². The van der Waals surface area contributed by atoms with Gasteiger partial charge in [0.25, 0.3) is 0 Å².